The molecule has 0 spiro atoms. The molecule has 0 saturated carbocycles. The molecular formula is C21H29BrN2O2. The number of hydrogen-bond acceptors (Lipinski definition) is 3. The summed E-state index contributed by atoms with van der Waals surface area (Å²) in [5.41, 5.74) is 1.96. The first kappa shape index (κ1) is 19.6. The molecule has 1 aliphatic rings. The van der Waals surface area contributed by atoms with E-state index < -0.39 is 0 Å². The maximum atomic E-state index is 12.0. The molecule has 2 heterocycles. The van der Waals surface area contributed by atoms with Crippen molar-refractivity contribution in [3.63, 3.8) is 0 Å². The third-order valence-corrected chi connectivity index (χ3v) is 5.68. The van der Waals surface area contributed by atoms with Gasteiger partial charge in [-0.25, -0.2) is 0 Å². The number of ketones is 1. The van der Waals surface area contributed by atoms with Crippen molar-refractivity contribution in [2.45, 2.75) is 52.2 Å². The Labute approximate surface area is 164 Å². The molecule has 1 aliphatic heterocycles. The average Bonchev–Trinajstić information content (AvgIpc) is 2.99. The summed E-state index contributed by atoms with van der Waals surface area (Å²) in [6.07, 6.45) is 6.96. The van der Waals surface area contributed by atoms with Crippen molar-refractivity contribution < 1.29 is 9.53 Å². The molecule has 1 saturated heterocycles. The van der Waals surface area contributed by atoms with E-state index in [0.717, 1.165) is 79.4 Å². The number of ether oxygens (including phenoxy) is 1. The van der Waals surface area contributed by atoms with E-state index in [-0.39, 0.29) is 5.78 Å². The van der Waals surface area contributed by atoms with Crippen molar-refractivity contribution in [3.8, 4) is 0 Å². The number of likely N-dealkylation sites (tertiary alicyclic amines) is 1. The molecule has 0 atom stereocenters. The highest BCUT2D eigenvalue weighted by atomic mass is 79.9. The van der Waals surface area contributed by atoms with E-state index in [9.17, 15) is 4.79 Å². The van der Waals surface area contributed by atoms with Gasteiger partial charge in [-0.15, -0.1) is 0 Å². The highest BCUT2D eigenvalue weighted by molar-refractivity contribution is 9.10. The van der Waals surface area contributed by atoms with Crippen LogP contribution in [0.3, 0.4) is 0 Å². The lowest BCUT2D eigenvalue weighted by molar-refractivity contribution is 0.00759. The first-order valence-corrected chi connectivity index (χ1v) is 10.5. The van der Waals surface area contributed by atoms with E-state index in [2.05, 4.69) is 38.4 Å². The molecule has 4 nitrogen and oxygen atoms in total. The van der Waals surface area contributed by atoms with Crippen molar-refractivity contribution in [1.29, 1.82) is 0 Å². The lowest BCUT2D eigenvalue weighted by Crippen LogP contribution is -2.37. The van der Waals surface area contributed by atoms with E-state index in [1.807, 2.05) is 18.3 Å². The van der Waals surface area contributed by atoms with Gasteiger partial charge in [-0.2, -0.15) is 0 Å². The van der Waals surface area contributed by atoms with Gasteiger partial charge in [0.15, 0.2) is 5.78 Å². The predicted octanol–water partition coefficient (Wildman–Crippen LogP) is 4.89. The van der Waals surface area contributed by atoms with E-state index in [1.54, 1.807) is 6.92 Å². The third-order valence-electron chi connectivity index (χ3n) is 5.19. The Hall–Kier alpha value is -1.17. The molecule has 26 heavy (non-hydrogen) atoms. The number of piperidine rings is 1. The molecule has 0 unspecified atom stereocenters. The summed E-state index contributed by atoms with van der Waals surface area (Å²) >= 11 is 3.51. The van der Waals surface area contributed by atoms with Gasteiger partial charge in [0.05, 0.1) is 6.10 Å². The highest BCUT2D eigenvalue weighted by Gasteiger charge is 2.19. The smallest absolute Gasteiger partial charge is 0.161 e. The summed E-state index contributed by atoms with van der Waals surface area (Å²) in [4.78, 5) is 14.5. The zero-order chi connectivity index (χ0) is 18.5. The number of hydrogen-bond donors (Lipinski definition) is 0. The largest absolute Gasteiger partial charge is 0.378 e. The Kier molecular flexibility index (Phi) is 6.90. The molecule has 0 amide bonds. The normalized spacial score (nSPS) is 16.4. The minimum atomic E-state index is 0.126. The Balaban J connectivity index is 1.55. The summed E-state index contributed by atoms with van der Waals surface area (Å²) in [6, 6.07) is 6.19. The van der Waals surface area contributed by atoms with Gasteiger partial charge in [-0.1, -0.05) is 22.9 Å². The number of nitrogens with zero attached hydrogens (tertiary/aromatic N) is 2. The van der Waals surface area contributed by atoms with Crippen LogP contribution in [-0.2, 0) is 11.3 Å². The van der Waals surface area contributed by atoms with Crippen molar-refractivity contribution in [3.05, 3.63) is 34.4 Å². The molecule has 0 N–H and O–H groups in total. The van der Waals surface area contributed by atoms with E-state index >= 15 is 0 Å². The van der Waals surface area contributed by atoms with Gasteiger partial charge in [0.2, 0.25) is 0 Å². The summed E-state index contributed by atoms with van der Waals surface area (Å²) in [7, 11) is 0. The summed E-state index contributed by atoms with van der Waals surface area (Å²) < 4.78 is 9.11. The molecule has 142 valence electrons. The van der Waals surface area contributed by atoms with Crippen molar-refractivity contribution in [1.82, 2.24) is 9.47 Å². The fraction of sp³-hybridized carbons (Fsp3) is 0.571. The number of halogens is 1. The Morgan fingerprint density at radius 1 is 1.27 bits per heavy atom. The Morgan fingerprint density at radius 3 is 2.73 bits per heavy atom. The Morgan fingerprint density at radius 2 is 2.04 bits per heavy atom. The summed E-state index contributed by atoms with van der Waals surface area (Å²) in [6.45, 7) is 9.00. The van der Waals surface area contributed by atoms with Gasteiger partial charge >= 0.3 is 0 Å². The van der Waals surface area contributed by atoms with Gasteiger partial charge in [-0.05, 0) is 57.4 Å². The molecule has 2 aromatic rings. The second kappa shape index (κ2) is 9.16. The first-order chi connectivity index (χ1) is 12.6. The fourth-order valence-corrected chi connectivity index (χ4v) is 4.14. The maximum Gasteiger partial charge on any atom is 0.161 e. The van der Waals surface area contributed by atoms with Gasteiger partial charge < -0.3 is 14.2 Å². The number of fused-ring (bicyclic) bond motifs is 1. The molecule has 0 radical (unpaired) electrons. The van der Waals surface area contributed by atoms with Crippen LogP contribution in [0.25, 0.3) is 10.9 Å². The van der Waals surface area contributed by atoms with Gasteiger partial charge in [0.1, 0.15) is 0 Å². The summed E-state index contributed by atoms with van der Waals surface area (Å²) in [5.74, 6) is 0.126. The average molecular weight is 421 g/mol. The zero-order valence-corrected chi connectivity index (χ0v) is 17.4. The van der Waals surface area contributed by atoms with Crippen LogP contribution in [0.2, 0.25) is 0 Å². The number of aromatic nitrogens is 1. The molecule has 3 rings (SSSR count). The number of carbonyl (C=O) groups is 1. The molecule has 1 aromatic heterocycles. The second-order valence-electron chi connectivity index (χ2n) is 7.22. The highest BCUT2D eigenvalue weighted by Crippen LogP contribution is 2.26. The van der Waals surface area contributed by atoms with Gasteiger partial charge in [0, 0.05) is 53.4 Å². The van der Waals surface area contributed by atoms with Crippen LogP contribution in [0.4, 0.5) is 0 Å². The number of benzene rings is 1. The fourth-order valence-electron chi connectivity index (χ4n) is 3.78. The van der Waals surface area contributed by atoms with Crippen LogP contribution in [0.1, 0.15) is 49.9 Å². The minimum absolute atomic E-state index is 0.126. The number of carbonyl (C=O) groups excluding carboxylic acids is 1. The summed E-state index contributed by atoms with van der Waals surface area (Å²) in [5, 5.41) is 1.04. The number of aryl methyl sites for hydroxylation is 1. The standard InChI is InChI=1S/C21H29BrN2O2/c1-3-13-26-18-7-11-23(12-8-18)9-4-10-24-15-20(16(2)25)19-14-17(22)5-6-21(19)24/h5-6,14-15,18H,3-4,7-13H2,1-2H3. The lowest BCUT2D eigenvalue weighted by atomic mass is 10.1. The number of rotatable bonds is 8. The van der Waals surface area contributed by atoms with Crippen LogP contribution in [0.5, 0.6) is 0 Å². The molecule has 0 aliphatic carbocycles. The SMILES string of the molecule is CCCOC1CCN(CCCn2cc(C(C)=O)c3cc(Br)ccc32)CC1. The molecule has 1 aromatic carbocycles. The topological polar surface area (TPSA) is 34.5 Å². The van der Waals surface area contributed by atoms with Crippen LogP contribution >= 0.6 is 15.9 Å². The maximum absolute atomic E-state index is 12.0. The zero-order valence-electron chi connectivity index (χ0n) is 15.8. The quantitative estimate of drug-likeness (QED) is 0.570. The van der Waals surface area contributed by atoms with Gasteiger partial charge in [0.25, 0.3) is 0 Å². The van der Waals surface area contributed by atoms with E-state index in [4.69, 9.17) is 4.74 Å². The molecule has 1 fully saturated rings. The first-order valence-electron chi connectivity index (χ1n) is 9.71. The Bertz CT molecular complexity index is 748. The third kappa shape index (κ3) is 4.76. The van der Waals surface area contributed by atoms with E-state index in [1.165, 1.54) is 0 Å². The van der Waals surface area contributed by atoms with Crippen molar-refractivity contribution >= 4 is 32.6 Å². The minimum Gasteiger partial charge on any atom is -0.378 e. The lowest BCUT2D eigenvalue weighted by Gasteiger charge is -2.31. The molecule has 5 heteroatoms. The van der Waals surface area contributed by atoms with Crippen LogP contribution in [-0.4, -0.2) is 47.6 Å². The van der Waals surface area contributed by atoms with Crippen LogP contribution < -0.4 is 0 Å². The monoisotopic (exact) mass is 420 g/mol. The molecule has 0 bridgehead atoms. The second-order valence-corrected chi connectivity index (χ2v) is 8.13. The predicted molar refractivity (Wildman–Crippen MR) is 110 cm³/mol. The van der Waals surface area contributed by atoms with Crippen LogP contribution in [0.15, 0.2) is 28.9 Å². The van der Waals surface area contributed by atoms with Crippen LogP contribution in [0, 0.1) is 0 Å². The van der Waals surface area contributed by atoms with Crippen molar-refractivity contribution in [2.24, 2.45) is 0 Å². The van der Waals surface area contributed by atoms with Gasteiger partial charge in [-0.3, -0.25) is 4.79 Å². The molecular weight excluding hydrogens is 392 g/mol. The van der Waals surface area contributed by atoms with E-state index in [0.29, 0.717) is 6.10 Å². The number of Topliss-reactive ketones (excluding diaryl/α,β-unsaturated/α-hetero) is 1. The van der Waals surface area contributed by atoms with Crippen molar-refractivity contribution in [2.75, 3.05) is 26.2 Å².